The van der Waals surface area contributed by atoms with Crippen LogP contribution in [0, 0.1) is 0 Å². The Morgan fingerprint density at radius 1 is 1.33 bits per heavy atom. The highest BCUT2D eigenvalue weighted by molar-refractivity contribution is 5.94. The minimum Gasteiger partial charge on any atom is -0.478 e. The summed E-state index contributed by atoms with van der Waals surface area (Å²) in [4.78, 5) is 17.7. The molecular formula is C17H23N5O2. The lowest BCUT2D eigenvalue weighted by molar-refractivity contribution is 0.0698. The zero-order valence-corrected chi connectivity index (χ0v) is 14.1. The third-order valence-electron chi connectivity index (χ3n) is 4.59. The molecule has 24 heavy (non-hydrogen) atoms. The minimum absolute atomic E-state index is 0.207. The standard InChI is InChI=1S/C17H23N5O2/c1-3-16-15(20-14-10-18-7-4-13(14)17(23)24)11-19-22(16)12-5-8-21(2)9-6-12/h4,7,10-12,20H,3,5-6,8-9H2,1-2H3,(H,23,24). The molecule has 0 radical (unpaired) electrons. The molecule has 2 N–H and O–H groups in total. The number of aromatic nitrogens is 3. The van der Waals surface area contributed by atoms with E-state index in [1.54, 1.807) is 6.20 Å². The highest BCUT2D eigenvalue weighted by atomic mass is 16.4. The Kier molecular flexibility index (Phi) is 4.80. The Balaban J connectivity index is 1.86. The minimum atomic E-state index is -0.972. The van der Waals surface area contributed by atoms with Crippen LogP contribution >= 0.6 is 0 Å². The summed E-state index contributed by atoms with van der Waals surface area (Å²) >= 11 is 0. The van der Waals surface area contributed by atoms with Crippen molar-refractivity contribution in [3.05, 3.63) is 35.9 Å². The van der Waals surface area contributed by atoms with Gasteiger partial charge in [-0.05, 0) is 45.5 Å². The first-order valence-corrected chi connectivity index (χ1v) is 8.29. The van der Waals surface area contributed by atoms with Gasteiger partial charge in [-0.2, -0.15) is 5.10 Å². The Morgan fingerprint density at radius 3 is 2.75 bits per heavy atom. The van der Waals surface area contributed by atoms with Crippen LogP contribution in [0.15, 0.2) is 24.7 Å². The number of likely N-dealkylation sites (tertiary alicyclic amines) is 1. The third-order valence-corrected chi connectivity index (χ3v) is 4.59. The Hall–Kier alpha value is -2.41. The molecule has 3 rings (SSSR count). The molecule has 7 heteroatoms. The van der Waals surface area contributed by atoms with Gasteiger partial charge in [-0.25, -0.2) is 4.79 Å². The van der Waals surface area contributed by atoms with Crippen LogP contribution in [0.2, 0.25) is 0 Å². The summed E-state index contributed by atoms with van der Waals surface area (Å²) in [6, 6.07) is 1.90. The van der Waals surface area contributed by atoms with E-state index in [2.05, 4.69) is 39.0 Å². The lowest BCUT2D eigenvalue weighted by Crippen LogP contribution is -2.32. The maximum atomic E-state index is 11.4. The largest absolute Gasteiger partial charge is 0.478 e. The first-order chi connectivity index (χ1) is 11.6. The fourth-order valence-corrected chi connectivity index (χ4v) is 3.22. The summed E-state index contributed by atoms with van der Waals surface area (Å²) in [6.45, 7) is 4.24. The summed E-state index contributed by atoms with van der Waals surface area (Å²) in [5.74, 6) is -0.972. The van der Waals surface area contributed by atoms with E-state index in [0.29, 0.717) is 11.7 Å². The molecule has 0 aliphatic carbocycles. The molecule has 0 spiro atoms. The summed E-state index contributed by atoms with van der Waals surface area (Å²) in [5, 5.41) is 17.1. The number of carboxylic acid groups (broad SMARTS) is 1. The van der Waals surface area contributed by atoms with E-state index in [0.717, 1.165) is 43.7 Å². The van der Waals surface area contributed by atoms with Crippen LogP contribution in [0.4, 0.5) is 11.4 Å². The molecule has 0 unspecified atom stereocenters. The van der Waals surface area contributed by atoms with Crippen molar-refractivity contribution >= 4 is 17.3 Å². The fourth-order valence-electron chi connectivity index (χ4n) is 3.22. The molecular weight excluding hydrogens is 306 g/mol. The van der Waals surface area contributed by atoms with Gasteiger partial charge < -0.3 is 15.3 Å². The number of aromatic carboxylic acids is 1. The number of carbonyl (C=O) groups is 1. The lowest BCUT2D eigenvalue weighted by Gasteiger charge is -2.30. The van der Waals surface area contributed by atoms with E-state index < -0.39 is 5.97 Å². The molecule has 0 aromatic carbocycles. The molecule has 1 aliphatic heterocycles. The highest BCUT2D eigenvalue weighted by Gasteiger charge is 2.22. The number of nitrogens with zero attached hydrogens (tertiary/aromatic N) is 4. The van der Waals surface area contributed by atoms with Crippen molar-refractivity contribution in [2.24, 2.45) is 0 Å². The second-order valence-corrected chi connectivity index (χ2v) is 6.19. The molecule has 1 aliphatic rings. The molecule has 0 amide bonds. The Morgan fingerprint density at radius 2 is 2.08 bits per heavy atom. The van der Waals surface area contributed by atoms with Crippen LogP contribution < -0.4 is 5.32 Å². The molecule has 3 heterocycles. The summed E-state index contributed by atoms with van der Waals surface area (Å²) in [5.41, 5.74) is 2.65. The molecule has 1 saturated heterocycles. The van der Waals surface area contributed by atoms with Crippen molar-refractivity contribution < 1.29 is 9.90 Å². The van der Waals surface area contributed by atoms with Crippen molar-refractivity contribution in [3.8, 4) is 0 Å². The summed E-state index contributed by atoms with van der Waals surface area (Å²) in [7, 11) is 2.14. The van der Waals surface area contributed by atoms with Gasteiger partial charge in [0.1, 0.15) is 0 Å². The predicted octanol–water partition coefficient (Wildman–Crippen LogP) is 2.55. The number of anilines is 2. The lowest BCUT2D eigenvalue weighted by atomic mass is 10.1. The van der Waals surface area contributed by atoms with Crippen molar-refractivity contribution in [2.75, 3.05) is 25.5 Å². The number of rotatable bonds is 5. The van der Waals surface area contributed by atoms with Crippen molar-refractivity contribution in [1.82, 2.24) is 19.7 Å². The maximum absolute atomic E-state index is 11.4. The van der Waals surface area contributed by atoms with E-state index in [1.807, 2.05) is 0 Å². The number of piperidine rings is 1. The molecule has 128 valence electrons. The Bertz CT molecular complexity index is 720. The van der Waals surface area contributed by atoms with Crippen LogP contribution in [0.5, 0.6) is 0 Å². The summed E-state index contributed by atoms with van der Waals surface area (Å²) in [6.07, 6.45) is 7.80. The monoisotopic (exact) mass is 329 g/mol. The number of nitrogens with one attached hydrogen (secondary N) is 1. The SMILES string of the molecule is CCc1c(Nc2cnccc2C(=O)O)cnn1C1CCN(C)CC1. The van der Waals surface area contributed by atoms with Crippen LogP contribution in [0.3, 0.4) is 0 Å². The second kappa shape index (κ2) is 7.00. The van der Waals surface area contributed by atoms with Gasteiger partial charge in [0, 0.05) is 6.20 Å². The molecule has 0 saturated carbocycles. The number of pyridine rings is 1. The van der Waals surface area contributed by atoms with Gasteiger partial charge in [-0.1, -0.05) is 6.92 Å². The topological polar surface area (TPSA) is 83.3 Å². The van der Waals surface area contributed by atoms with Crippen LogP contribution in [0.1, 0.15) is 41.9 Å². The van der Waals surface area contributed by atoms with E-state index in [1.165, 1.54) is 18.5 Å². The van der Waals surface area contributed by atoms with Gasteiger partial charge in [0.2, 0.25) is 0 Å². The highest BCUT2D eigenvalue weighted by Crippen LogP contribution is 2.29. The van der Waals surface area contributed by atoms with Gasteiger partial charge in [-0.15, -0.1) is 0 Å². The number of carboxylic acids is 1. The van der Waals surface area contributed by atoms with Gasteiger partial charge in [0.25, 0.3) is 0 Å². The average molecular weight is 329 g/mol. The number of hydrogen-bond donors (Lipinski definition) is 2. The van der Waals surface area contributed by atoms with E-state index in [9.17, 15) is 9.90 Å². The van der Waals surface area contributed by atoms with Gasteiger partial charge in [-0.3, -0.25) is 9.67 Å². The normalized spacial score (nSPS) is 16.2. The smallest absolute Gasteiger partial charge is 0.337 e. The first kappa shape index (κ1) is 16.4. The van der Waals surface area contributed by atoms with Crippen LogP contribution in [-0.2, 0) is 6.42 Å². The quantitative estimate of drug-likeness (QED) is 0.877. The molecule has 2 aromatic rings. The molecule has 7 nitrogen and oxygen atoms in total. The number of hydrogen-bond acceptors (Lipinski definition) is 5. The zero-order valence-electron chi connectivity index (χ0n) is 14.1. The molecule has 1 fully saturated rings. The molecule has 2 aromatic heterocycles. The zero-order chi connectivity index (χ0) is 17.1. The van der Waals surface area contributed by atoms with Crippen LogP contribution in [-0.4, -0.2) is 50.9 Å². The van der Waals surface area contributed by atoms with Gasteiger partial charge in [0.15, 0.2) is 0 Å². The predicted molar refractivity (Wildman–Crippen MR) is 91.9 cm³/mol. The van der Waals surface area contributed by atoms with E-state index >= 15 is 0 Å². The molecule has 0 atom stereocenters. The Labute approximate surface area is 141 Å². The summed E-state index contributed by atoms with van der Waals surface area (Å²) < 4.78 is 2.10. The third kappa shape index (κ3) is 3.26. The second-order valence-electron chi connectivity index (χ2n) is 6.19. The maximum Gasteiger partial charge on any atom is 0.337 e. The van der Waals surface area contributed by atoms with E-state index in [4.69, 9.17) is 0 Å². The first-order valence-electron chi connectivity index (χ1n) is 8.29. The van der Waals surface area contributed by atoms with Crippen molar-refractivity contribution in [1.29, 1.82) is 0 Å². The van der Waals surface area contributed by atoms with Crippen LogP contribution in [0.25, 0.3) is 0 Å². The fraction of sp³-hybridized carbons (Fsp3) is 0.471. The van der Waals surface area contributed by atoms with Crippen molar-refractivity contribution in [2.45, 2.75) is 32.2 Å². The van der Waals surface area contributed by atoms with Gasteiger partial charge >= 0.3 is 5.97 Å². The van der Waals surface area contributed by atoms with E-state index in [-0.39, 0.29) is 5.56 Å². The van der Waals surface area contributed by atoms with Gasteiger partial charge in [0.05, 0.1) is 41.1 Å². The molecule has 0 bridgehead atoms. The average Bonchev–Trinajstić information content (AvgIpc) is 2.98. The van der Waals surface area contributed by atoms with Crippen molar-refractivity contribution in [3.63, 3.8) is 0 Å².